The Morgan fingerprint density at radius 2 is 2.05 bits per heavy atom. The van der Waals surface area contributed by atoms with Crippen molar-refractivity contribution in [1.29, 1.82) is 0 Å². The zero-order valence-electron chi connectivity index (χ0n) is 10.9. The monoisotopic (exact) mass is 280 g/mol. The molecule has 2 rings (SSSR count). The van der Waals surface area contributed by atoms with Gasteiger partial charge >= 0.3 is 6.03 Å². The minimum Gasteiger partial charge on any atom is -0.277 e. The van der Waals surface area contributed by atoms with Gasteiger partial charge in [0, 0.05) is 9.75 Å². The number of nitrogens with one attached hydrogen (secondary N) is 1. The minimum atomic E-state index is -0.733. The maximum atomic E-state index is 12.2. The van der Waals surface area contributed by atoms with Gasteiger partial charge in [-0.1, -0.05) is 13.3 Å². The lowest BCUT2D eigenvalue weighted by molar-refractivity contribution is -0.143. The zero-order chi connectivity index (χ0) is 14.0. The molecule has 0 bridgehead atoms. The minimum absolute atomic E-state index is 0.233. The van der Waals surface area contributed by atoms with E-state index in [0.29, 0.717) is 6.42 Å². The highest BCUT2D eigenvalue weighted by Crippen LogP contribution is 2.21. The van der Waals surface area contributed by atoms with Gasteiger partial charge in [-0.2, -0.15) is 0 Å². The van der Waals surface area contributed by atoms with Gasteiger partial charge in [0.15, 0.2) is 0 Å². The SMILES string of the molecule is CCCC1C(=O)NC(=O)N(Cc2ccc(C)s2)C1=O. The van der Waals surface area contributed by atoms with Crippen molar-refractivity contribution in [2.24, 2.45) is 5.92 Å². The summed E-state index contributed by atoms with van der Waals surface area (Å²) >= 11 is 1.54. The first kappa shape index (κ1) is 13.7. The van der Waals surface area contributed by atoms with Gasteiger partial charge in [0.2, 0.25) is 11.8 Å². The van der Waals surface area contributed by atoms with Gasteiger partial charge in [0.25, 0.3) is 0 Å². The van der Waals surface area contributed by atoms with Crippen LogP contribution < -0.4 is 5.32 Å². The summed E-state index contributed by atoms with van der Waals surface area (Å²) in [6.07, 6.45) is 1.20. The number of urea groups is 1. The molecule has 2 heterocycles. The molecule has 1 N–H and O–H groups in total. The lowest BCUT2D eigenvalue weighted by atomic mass is 9.99. The highest BCUT2D eigenvalue weighted by atomic mass is 32.1. The lowest BCUT2D eigenvalue weighted by Gasteiger charge is -2.29. The number of hydrogen-bond donors (Lipinski definition) is 1. The van der Waals surface area contributed by atoms with Crippen LogP contribution in [0.25, 0.3) is 0 Å². The van der Waals surface area contributed by atoms with E-state index in [4.69, 9.17) is 0 Å². The molecule has 1 atom stereocenters. The third-order valence-corrected chi connectivity index (χ3v) is 4.03. The third kappa shape index (κ3) is 2.84. The van der Waals surface area contributed by atoms with Gasteiger partial charge in [0.1, 0.15) is 5.92 Å². The number of carbonyl (C=O) groups is 3. The molecule has 1 aliphatic rings. The molecule has 1 saturated heterocycles. The van der Waals surface area contributed by atoms with Crippen LogP contribution in [0.1, 0.15) is 29.5 Å². The van der Waals surface area contributed by atoms with Crippen LogP contribution in [-0.2, 0) is 16.1 Å². The number of carbonyl (C=O) groups excluding carboxylic acids is 3. The van der Waals surface area contributed by atoms with Crippen molar-refractivity contribution in [1.82, 2.24) is 10.2 Å². The molecular formula is C13H16N2O3S. The predicted octanol–water partition coefficient (Wildman–Crippen LogP) is 2.05. The summed E-state index contributed by atoms with van der Waals surface area (Å²) in [6, 6.07) is 3.22. The van der Waals surface area contributed by atoms with E-state index in [1.165, 1.54) is 0 Å². The average Bonchev–Trinajstić information content (AvgIpc) is 2.76. The van der Waals surface area contributed by atoms with E-state index >= 15 is 0 Å². The van der Waals surface area contributed by atoms with Crippen LogP contribution in [0.5, 0.6) is 0 Å². The molecule has 5 nitrogen and oxygen atoms in total. The van der Waals surface area contributed by atoms with Crippen LogP contribution in [-0.4, -0.2) is 22.7 Å². The fourth-order valence-electron chi connectivity index (χ4n) is 2.08. The number of hydrogen-bond acceptors (Lipinski definition) is 4. The van der Waals surface area contributed by atoms with Crippen molar-refractivity contribution >= 4 is 29.2 Å². The van der Waals surface area contributed by atoms with Crippen LogP contribution >= 0.6 is 11.3 Å². The first-order valence-electron chi connectivity index (χ1n) is 6.24. The molecule has 102 valence electrons. The number of amides is 4. The fourth-order valence-corrected chi connectivity index (χ4v) is 2.96. The average molecular weight is 280 g/mol. The standard InChI is InChI=1S/C13H16N2O3S/c1-3-4-10-11(16)14-13(18)15(12(10)17)7-9-6-5-8(2)19-9/h5-6,10H,3-4,7H2,1-2H3,(H,14,16,18). The van der Waals surface area contributed by atoms with Crippen LogP contribution in [0.15, 0.2) is 12.1 Å². The van der Waals surface area contributed by atoms with Crippen molar-refractivity contribution in [3.8, 4) is 0 Å². The normalized spacial score (nSPS) is 19.8. The molecule has 0 radical (unpaired) electrons. The third-order valence-electron chi connectivity index (χ3n) is 3.04. The number of nitrogens with zero attached hydrogens (tertiary/aromatic N) is 1. The van der Waals surface area contributed by atoms with Crippen molar-refractivity contribution in [3.05, 3.63) is 21.9 Å². The van der Waals surface area contributed by atoms with Gasteiger partial charge in [0.05, 0.1) is 6.54 Å². The second-order valence-electron chi connectivity index (χ2n) is 4.57. The Morgan fingerprint density at radius 3 is 2.63 bits per heavy atom. The Morgan fingerprint density at radius 1 is 1.32 bits per heavy atom. The summed E-state index contributed by atoms with van der Waals surface area (Å²) in [5.41, 5.74) is 0. The Bertz CT molecular complexity index is 524. The summed E-state index contributed by atoms with van der Waals surface area (Å²) in [5, 5.41) is 2.25. The van der Waals surface area contributed by atoms with Gasteiger partial charge in [-0.15, -0.1) is 11.3 Å². The molecule has 0 saturated carbocycles. The highest BCUT2D eigenvalue weighted by molar-refractivity contribution is 7.11. The summed E-state index contributed by atoms with van der Waals surface area (Å²) in [6.45, 7) is 4.11. The molecule has 6 heteroatoms. The van der Waals surface area contributed by atoms with Crippen LogP contribution in [0, 0.1) is 12.8 Å². The van der Waals surface area contributed by atoms with Crippen LogP contribution in [0.3, 0.4) is 0 Å². The summed E-state index contributed by atoms with van der Waals surface area (Å²) < 4.78 is 0. The quantitative estimate of drug-likeness (QED) is 0.858. The van der Waals surface area contributed by atoms with Crippen LogP contribution in [0.2, 0.25) is 0 Å². The maximum Gasteiger partial charge on any atom is 0.331 e. The molecule has 1 aliphatic heterocycles. The smallest absolute Gasteiger partial charge is 0.277 e. The van der Waals surface area contributed by atoms with Gasteiger partial charge in [-0.3, -0.25) is 19.8 Å². The topological polar surface area (TPSA) is 66.5 Å². The Labute approximate surface area is 115 Å². The first-order valence-corrected chi connectivity index (χ1v) is 7.06. The van der Waals surface area contributed by atoms with Gasteiger partial charge in [-0.05, 0) is 25.5 Å². The molecule has 0 aliphatic carbocycles. The van der Waals surface area contributed by atoms with Gasteiger partial charge in [-0.25, -0.2) is 4.79 Å². The fraction of sp³-hybridized carbons (Fsp3) is 0.462. The molecule has 19 heavy (non-hydrogen) atoms. The highest BCUT2D eigenvalue weighted by Gasteiger charge is 2.39. The Kier molecular flexibility index (Phi) is 3.99. The Balaban J connectivity index is 2.16. The van der Waals surface area contributed by atoms with E-state index in [9.17, 15) is 14.4 Å². The maximum absolute atomic E-state index is 12.2. The summed E-state index contributed by atoms with van der Waals surface area (Å²) in [5.74, 6) is -1.60. The van der Waals surface area contributed by atoms with Crippen molar-refractivity contribution in [2.45, 2.75) is 33.2 Å². The second-order valence-corrected chi connectivity index (χ2v) is 5.94. The van der Waals surface area contributed by atoms with Crippen molar-refractivity contribution < 1.29 is 14.4 Å². The summed E-state index contributed by atoms with van der Waals surface area (Å²) in [7, 11) is 0. The molecule has 1 aromatic rings. The second kappa shape index (κ2) is 5.52. The first-order chi connectivity index (χ1) is 9.02. The Hall–Kier alpha value is -1.69. The molecule has 0 spiro atoms. The molecule has 4 amide bonds. The van der Waals surface area contributed by atoms with E-state index in [2.05, 4.69) is 5.32 Å². The molecule has 1 unspecified atom stereocenters. The van der Waals surface area contributed by atoms with Crippen LogP contribution in [0.4, 0.5) is 4.79 Å². The number of aryl methyl sites for hydroxylation is 1. The largest absolute Gasteiger partial charge is 0.331 e. The molecular weight excluding hydrogens is 264 g/mol. The zero-order valence-corrected chi connectivity index (χ0v) is 11.8. The van der Waals surface area contributed by atoms with Gasteiger partial charge < -0.3 is 0 Å². The van der Waals surface area contributed by atoms with E-state index in [0.717, 1.165) is 21.1 Å². The summed E-state index contributed by atoms with van der Waals surface area (Å²) in [4.78, 5) is 38.8. The number of imide groups is 2. The van der Waals surface area contributed by atoms with E-state index in [1.54, 1.807) is 11.3 Å². The number of thiophene rings is 1. The number of rotatable bonds is 4. The van der Waals surface area contributed by atoms with E-state index in [1.807, 2.05) is 26.0 Å². The van der Waals surface area contributed by atoms with Crippen molar-refractivity contribution in [3.63, 3.8) is 0 Å². The molecule has 1 fully saturated rings. The molecule has 1 aromatic heterocycles. The van der Waals surface area contributed by atoms with E-state index < -0.39 is 17.9 Å². The predicted molar refractivity (Wildman–Crippen MR) is 71.5 cm³/mol. The van der Waals surface area contributed by atoms with E-state index in [-0.39, 0.29) is 12.5 Å². The number of barbiturate groups is 1. The lowest BCUT2D eigenvalue weighted by Crippen LogP contribution is -2.57. The van der Waals surface area contributed by atoms with Crippen molar-refractivity contribution in [2.75, 3.05) is 0 Å². The molecule has 0 aromatic carbocycles.